The van der Waals surface area contributed by atoms with Gasteiger partial charge in [-0.3, -0.25) is 14.4 Å². The molecule has 0 aromatic rings. The molecule has 0 bridgehead atoms. The SMILES string of the molecule is CC/C=C\C/C=C\C/C=C\C/C=C\C/C=C\C/C=C\C/C=C\CCCCCCCC(=O)OCC(COC(=O)CCCCCCC/C=C\CCC)OC(=O)CCCCCCCCC/C=C\C/C=C\CCCCCC. The summed E-state index contributed by atoms with van der Waals surface area (Å²) in [5.41, 5.74) is 0. The minimum Gasteiger partial charge on any atom is -0.462 e. The van der Waals surface area contributed by atoms with E-state index in [0.717, 1.165) is 154 Å². The Balaban J connectivity index is 4.35. The molecule has 1 atom stereocenters. The van der Waals surface area contributed by atoms with Gasteiger partial charge in [-0.2, -0.15) is 0 Å². The Morgan fingerprint density at radius 2 is 0.562 bits per heavy atom. The summed E-state index contributed by atoms with van der Waals surface area (Å²) in [6, 6.07) is 0. The Morgan fingerprint density at radius 3 is 0.904 bits per heavy atom. The van der Waals surface area contributed by atoms with Crippen LogP contribution in [-0.2, 0) is 28.6 Å². The summed E-state index contributed by atoms with van der Waals surface area (Å²) in [7, 11) is 0. The van der Waals surface area contributed by atoms with Gasteiger partial charge in [-0.05, 0) is 128 Å². The van der Waals surface area contributed by atoms with Crippen LogP contribution in [0.4, 0.5) is 0 Å². The largest absolute Gasteiger partial charge is 0.462 e. The first-order valence-corrected chi connectivity index (χ1v) is 30.0. The summed E-state index contributed by atoms with van der Waals surface area (Å²) >= 11 is 0. The highest BCUT2D eigenvalue weighted by Crippen LogP contribution is 2.14. The van der Waals surface area contributed by atoms with Gasteiger partial charge in [0.2, 0.25) is 0 Å². The molecule has 0 rings (SSSR count). The van der Waals surface area contributed by atoms with Crippen molar-refractivity contribution >= 4 is 17.9 Å². The van der Waals surface area contributed by atoms with Crippen molar-refractivity contribution in [1.29, 1.82) is 0 Å². The quantitative estimate of drug-likeness (QED) is 0.0261. The zero-order valence-electron chi connectivity index (χ0n) is 47.4. The van der Waals surface area contributed by atoms with Gasteiger partial charge in [-0.1, -0.05) is 239 Å². The fourth-order valence-corrected chi connectivity index (χ4v) is 7.92. The van der Waals surface area contributed by atoms with Crippen molar-refractivity contribution in [2.45, 2.75) is 271 Å². The zero-order valence-corrected chi connectivity index (χ0v) is 47.4. The standard InChI is InChI=1S/C67H110O6/c1-4-7-10-13-16-19-22-24-26-28-30-31-32-33-34-35-36-37-38-40-41-43-45-48-51-54-57-60-66(69)72-63-64(62-71-65(68)59-56-53-50-47-21-18-15-12-9-6-3)73-67(70)61-58-55-52-49-46-44-42-39-29-27-25-23-20-17-14-11-8-5-2/h7,10,12,15-16,19-20,23-24,26-27,29-31,33-34,36-37,40-41,64H,4-6,8-9,11,13-14,17-18,21-22,25,28,32,35,38-39,42-63H2,1-3H3/b10-7-,15-12-,19-16-,23-20-,26-24-,29-27-,31-30-,34-33-,37-36-,41-40-. The molecule has 0 saturated heterocycles. The van der Waals surface area contributed by atoms with Crippen LogP contribution in [0.15, 0.2) is 122 Å². The average Bonchev–Trinajstić information content (AvgIpc) is 3.39. The lowest BCUT2D eigenvalue weighted by atomic mass is 10.1. The number of carbonyl (C=O) groups is 3. The first kappa shape index (κ1) is 68.8. The Morgan fingerprint density at radius 1 is 0.288 bits per heavy atom. The molecule has 0 heterocycles. The van der Waals surface area contributed by atoms with Crippen LogP contribution in [0.3, 0.4) is 0 Å². The van der Waals surface area contributed by atoms with Crippen molar-refractivity contribution in [3.63, 3.8) is 0 Å². The van der Waals surface area contributed by atoms with E-state index in [9.17, 15) is 14.4 Å². The van der Waals surface area contributed by atoms with Crippen LogP contribution < -0.4 is 0 Å². The molecule has 1 unspecified atom stereocenters. The minimum absolute atomic E-state index is 0.0944. The molecule has 73 heavy (non-hydrogen) atoms. The van der Waals surface area contributed by atoms with Crippen LogP contribution in [0.25, 0.3) is 0 Å². The van der Waals surface area contributed by atoms with E-state index in [4.69, 9.17) is 14.2 Å². The molecule has 414 valence electrons. The van der Waals surface area contributed by atoms with Crippen LogP contribution in [0.2, 0.25) is 0 Å². The summed E-state index contributed by atoms with van der Waals surface area (Å²) in [6.07, 6.45) is 83.4. The number of carbonyl (C=O) groups excluding carboxylic acids is 3. The smallest absolute Gasteiger partial charge is 0.306 e. The van der Waals surface area contributed by atoms with E-state index < -0.39 is 6.10 Å². The second-order valence-corrected chi connectivity index (χ2v) is 19.5. The van der Waals surface area contributed by atoms with Gasteiger partial charge in [0.1, 0.15) is 13.2 Å². The molecule has 0 spiro atoms. The number of hydrogen-bond acceptors (Lipinski definition) is 6. The fourth-order valence-electron chi connectivity index (χ4n) is 7.92. The molecule has 0 aliphatic carbocycles. The maximum Gasteiger partial charge on any atom is 0.306 e. The van der Waals surface area contributed by atoms with E-state index in [1.165, 1.54) is 70.6 Å². The number of esters is 3. The predicted molar refractivity (Wildman–Crippen MR) is 316 cm³/mol. The van der Waals surface area contributed by atoms with Crippen LogP contribution in [0, 0.1) is 0 Å². The zero-order chi connectivity index (χ0) is 52.9. The van der Waals surface area contributed by atoms with Gasteiger partial charge in [0.25, 0.3) is 0 Å². The van der Waals surface area contributed by atoms with Gasteiger partial charge in [-0.25, -0.2) is 0 Å². The molecule has 0 aliphatic heterocycles. The van der Waals surface area contributed by atoms with Crippen LogP contribution in [0.5, 0.6) is 0 Å². The summed E-state index contributed by atoms with van der Waals surface area (Å²) < 4.78 is 16.8. The highest BCUT2D eigenvalue weighted by atomic mass is 16.6. The molecular formula is C67H110O6. The maximum absolute atomic E-state index is 12.9. The Bertz CT molecular complexity index is 1540. The number of rotatable bonds is 53. The highest BCUT2D eigenvalue weighted by molar-refractivity contribution is 5.71. The summed E-state index contributed by atoms with van der Waals surface area (Å²) in [5.74, 6) is -0.933. The van der Waals surface area contributed by atoms with E-state index in [1.807, 2.05) is 0 Å². The first-order valence-electron chi connectivity index (χ1n) is 30.0. The molecule has 6 heteroatoms. The predicted octanol–water partition coefficient (Wildman–Crippen LogP) is 20.4. The fraction of sp³-hybridized carbons (Fsp3) is 0.657. The lowest BCUT2D eigenvalue weighted by molar-refractivity contribution is -0.167. The molecule has 0 aromatic carbocycles. The van der Waals surface area contributed by atoms with E-state index >= 15 is 0 Å². The van der Waals surface area contributed by atoms with Crippen LogP contribution >= 0.6 is 0 Å². The second-order valence-electron chi connectivity index (χ2n) is 19.5. The third-order valence-electron chi connectivity index (χ3n) is 12.4. The van der Waals surface area contributed by atoms with Gasteiger partial charge < -0.3 is 14.2 Å². The highest BCUT2D eigenvalue weighted by Gasteiger charge is 2.19. The Hall–Kier alpha value is -4.19. The Labute approximate surface area is 450 Å². The lowest BCUT2D eigenvalue weighted by Crippen LogP contribution is -2.30. The van der Waals surface area contributed by atoms with Crippen LogP contribution in [-0.4, -0.2) is 37.2 Å². The molecular weight excluding hydrogens is 901 g/mol. The molecule has 0 amide bonds. The Kier molecular flexibility index (Phi) is 56.9. The van der Waals surface area contributed by atoms with E-state index in [-0.39, 0.29) is 31.1 Å². The van der Waals surface area contributed by atoms with Gasteiger partial charge in [0, 0.05) is 19.3 Å². The molecule has 0 aliphatic rings. The first-order chi connectivity index (χ1) is 36.0. The van der Waals surface area contributed by atoms with Crippen molar-refractivity contribution < 1.29 is 28.6 Å². The third kappa shape index (κ3) is 58.6. The van der Waals surface area contributed by atoms with E-state index in [1.54, 1.807) is 0 Å². The average molecular weight is 1010 g/mol. The molecule has 0 N–H and O–H groups in total. The molecule has 0 aromatic heterocycles. The molecule has 0 saturated carbocycles. The second kappa shape index (κ2) is 60.4. The number of hydrogen-bond donors (Lipinski definition) is 0. The van der Waals surface area contributed by atoms with Crippen molar-refractivity contribution in [2.75, 3.05) is 13.2 Å². The van der Waals surface area contributed by atoms with Crippen molar-refractivity contribution in [3.8, 4) is 0 Å². The molecule has 0 radical (unpaired) electrons. The van der Waals surface area contributed by atoms with Gasteiger partial charge >= 0.3 is 17.9 Å². The maximum atomic E-state index is 12.9. The van der Waals surface area contributed by atoms with Crippen molar-refractivity contribution in [1.82, 2.24) is 0 Å². The van der Waals surface area contributed by atoms with Gasteiger partial charge in [-0.15, -0.1) is 0 Å². The topological polar surface area (TPSA) is 78.9 Å². The summed E-state index contributed by atoms with van der Waals surface area (Å²) in [5, 5.41) is 0. The monoisotopic (exact) mass is 1010 g/mol. The van der Waals surface area contributed by atoms with Crippen molar-refractivity contribution in [2.24, 2.45) is 0 Å². The number of allylic oxidation sites excluding steroid dienone is 20. The van der Waals surface area contributed by atoms with E-state index in [0.29, 0.717) is 19.3 Å². The summed E-state index contributed by atoms with van der Waals surface area (Å²) in [4.78, 5) is 38.1. The van der Waals surface area contributed by atoms with Gasteiger partial charge in [0.15, 0.2) is 6.10 Å². The molecule has 6 nitrogen and oxygen atoms in total. The summed E-state index contributed by atoms with van der Waals surface area (Å²) in [6.45, 7) is 6.42. The van der Waals surface area contributed by atoms with Crippen LogP contribution in [0.1, 0.15) is 265 Å². The lowest BCUT2D eigenvalue weighted by Gasteiger charge is -2.18. The van der Waals surface area contributed by atoms with Gasteiger partial charge in [0.05, 0.1) is 0 Å². The number of ether oxygens (including phenoxy) is 3. The van der Waals surface area contributed by atoms with Crippen molar-refractivity contribution in [3.05, 3.63) is 122 Å². The molecule has 0 fully saturated rings. The van der Waals surface area contributed by atoms with E-state index in [2.05, 4.69) is 142 Å². The normalized spacial score (nSPS) is 13.0. The minimum atomic E-state index is -0.797. The number of unbranched alkanes of at least 4 members (excludes halogenated alkanes) is 22. The third-order valence-corrected chi connectivity index (χ3v) is 12.4.